The Hall–Kier alpha value is -3.73. The molecule has 1 aliphatic carbocycles. The van der Waals surface area contributed by atoms with E-state index in [-0.39, 0.29) is 17.5 Å². The standard InChI is InChI=1S/C29H30N2O3/c1-18(2)17-34-21-13-11-19(12-14-21)20-15-25-28(27(33)16-20)29(22-7-3-6-10-26(22)32)31-24-9-5-4-8-23(24)30-25/h3-14,18,20,29-32H,15-17H2,1-2H3. The van der Waals surface area contributed by atoms with E-state index in [0.29, 0.717) is 36.5 Å². The number of benzene rings is 3. The number of Topliss-reactive ketones (excluding diaryl/α,β-unsaturated/α-hetero) is 1. The summed E-state index contributed by atoms with van der Waals surface area (Å²) in [6.07, 6.45) is 1.14. The minimum atomic E-state index is -0.424. The van der Waals surface area contributed by atoms with Gasteiger partial charge in [-0.3, -0.25) is 4.79 Å². The lowest BCUT2D eigenvalue weighted by Crippen LogP contribution is -2.26. The van der Waals surface area contributed by atoms with E-state index in [4.69, 9.17) is 4.74 Å². The van der Waals surface area contributed by atoms with Gasteiger partial charge in [0, 0.05) is 23.3 Å². The summed E-state index contributed by atoms with van der Waals surface area (Å²) < 4.78 is 5.83. The third-order valence-corrected chi connectivity index (χ3v) is 6.49. The minimum absolute atomic E-state index is 0.0770. The Morgan fingerprint density at radius 2 is 1.65 bits per heavy atom. The molecule has 2 unspecified atom stereocenters. The van der Waals surface area contributed by atoms with Crippen LogP contribution >= 0.6 is 0 Å². The summed E-state index contributed by atoms with van der Waals surface area (Å²) in [5.74, 6) is 1.67. The van der Waals surface area contributed by atoms with Crippen molar-refractivity contribution in [2.24, 2.45) is 5.92 Å². The van der Waals surface area contributed by atoms with E-state index in [2.05, 4.69) is 36.6 Å². The Morgan fingerprint density at radius 3 is 2.38 bits per heavy atom. The number of phenolic OH excluding ortho intramolecular Hbond substituents is 1. The zero-order valence-corrected chi connectivity index (χ0v) is 19.5. The Kier molecular flexibility index (Phi) is 6.01. The van der Waals surface area contributed by atoms with Gasteiger partial charge in [-0.1, -0.05) is 56.3 Å². The van der Waals surface area contributed by atoms with Gasteiger partial charge in [-0.2, -0.15) is 0 Å². The van der Waals surface area contributed by atoms with Gasteiger partial charge < -0.3 is 20.5 Å². The third-order valence-electron chi connectivity index (χ3n) is 6.49. The van der Waals surface area contributed by atoms with Gasteiger partial charge >= 0.3 is 0 Å². The van der Waals surface area contributed by atoms with Gasteiger partial charge in [-0.15, -0.1) is 0 Å². The zero-order valence-electron chi connectivity index (χ0n) is 19.5. The van der Waals surface area contributed by atoms with E-state index >= 15 is 0 Å². The maximum absolute atomic E-state index is 13.6. The average Bonchev–Trinajstić information content (AvgIpc) is 3.00. The molecule has 0 fully saturated rings. The van der Waals surface area contributed by atoms with E-state index in [1.54, 1.807) is 12.1 Å². The summed E-state index contributed by atoms with van der Waals surface area (Å²) in [6.45, 7) is 4.94. The van der Waals surface area contributed by atoms with Gasteiger partial charge in [0.05, 0.1) is 24.0 Å². The van der Waals surface area contributed by atoms with Crippen molar-refractivity contribution in [3.05, 3.63) is 95.2 Å². The molecule has 1 aliphatic heterocycles. The van der Waals surface area contributed by atoms with Crippen LogP contribution in [0, 0.1) is 5.92 Å². The molecule has 0 radical (unpaired) electrons. The minimum Gasteiger partial charge on any atom is -0.508 e. The highest BCUT2D eigenvalue weighted by molar-refractivity contribution is 6.01. The highest BCUT2D eigenvalue weighted by Gasteiger charge is 2.36. The number of anilines is 2. The fourth-order valence-corrected chi connectivity index (χ4v) is 4.79. The van der Waals surface area contributed by atoms with Gasteiger partial charge in [0.1, 0.15) is 11.5 Å². The number of carbonyl (C=O) groups is 1. The van der Waals surface area contributed by atoms with Crippen molar-refractivity contribution in [2.75, 3.05) is 17.2 Å². The molecule has 0 saturated carbocycles. The van der Waals surface area contributed by atoms with Crippen molar-refractivity contribution in [3.8, 4) is 11.5 Å². The molecule has 0 spiro atoms. The van der Waals surface area contributed by atoms with Crippen molar-refractivity contribution in [3.63, 3.8) is 0 Å². The molecule has 0 bridgehead atoms. The number of rotatable bonds is 5. The largest absolute Gasteiger partial charge is 0.508 e. The molecule has 2 atom stereocenters. The number of allylic oxidation sites excluding steroid dienone is 1. The number of ketones is 1. The lowest BCUT2D eigenvalue weighted by molar-refractivity contribution is -0.116. The first-order valence-electron chi connectivity index (χ1n) is 11.9. The highest BCUT2D eigenvalue weighted by Crippen LogP contribution is 2.45. The first-order chi connectivity index (χ1) is 16.5. The van der Waals surface area contributed by atoms with Crippen molar-refractivity contribution in [1.82, 2.24) is 0 Å². The molecule has 0 saturated heterocycles. The highest BCUT2D eigenvalue weighted by atomic mass is 16.5. The fourth-order valence-electron chi connectivity index (χ4n) is 4.79. The number of hydrogen-bond donors (Lipinski definition) is 3. The number of carbonyl (C=O) groups excluding carboxylic acids is 1. The molecule has 174 valence electrons. The van der Waals surface area contributed by atoms with Gasteiger partial charge in [0.2, 0.25) is 0 Å². The van der Waals surface area contributed by atoms with Gasteiger partial charge in [-0.25, -0.2) is 0 Å². The number of para-hydroxylation sites is 3. The topological polar surface area (TPSA) is 70.6 Å². The maximum Gasteiger partial charge on any atom is 0.163 e. The van der Waals surface area contributed by atoms with Crippen LogP contribution in [0.15, 0.2) is 84.1 Å². The van der Waals surface area contributed by atoms with Crippen molar-refractivity contribution in [2.45, 2.75) is 38.6 Å². The first kappa shape index (κ1) is 22.1. The van der Waals surface area contributed by atoms with Crippen LogP contribution in [0.1, 0.15) is 49.8 Å². The Balaban J connectivity index is 1.49. The summed E-state index contributed by atoms with van der Waals surface area (Å²) >= 11 is 0. The third kappa shape index (κ3) is 4.38. The first-order valence-corrected chi connectivity index (χ1v) is 11.9. The second-order valence-electron chi connectivity index (χ2n) is 9.50. The van der Waals surface area contributed by atoms with Crippen LogP contribution in [0.5, 0.6) is 11.5 Å². The zero-order chi connectivity index (χ0) is 23.7. The Morgan fingerprint density at radius 1 is 0.941 bits per heavy atom. The van der Waals surface area contributed by atoms with Crippen LogP contribution in [-0.2, 0) is 4.79 Å². The van der Waals surface area contributed by atoms with Crippen LogP contribution in [0.25, 0.3) is 0 Å². The normalized spacial score (nSPS) is 19.6. The number of fused-ring (bicyclic) bond motifs is 1. The molecular formula is C29H30N2O3. The fraction of sp³-hybridized carbons (Fsp3) is 0.276. The van der Waals surface area contributed by atoms with Crippen LogP contribution in [-0.4, -0.2) is 17.5 Å². The van der Waals surface area contributed by atoms with Crippen LogP contribution in [0.4, 0.5) is 11.4 Å². The lowest BCUT2D eigenvalue weighted by Gasteiger charge is -2.30. The molecule has 1 heterocycles. The number of nitrogens with one attached hydrogen (secondary N) is 2. The molecular weight excluding hydrogens is 424 g/mol. The lowest BCUT2D eigenvalue weighted by atomic mass is 9.78. The van der Waals surface area contributed by atoms with E-state index in [1.807, 2.05) is 48.5 Å². The summed E-state index contributed by atoms with van der Waals surface area (Å²) in [4.78, 5) is 13.6. The monoisotopic (exact) mass is 454 g/mol. The van der Waals surface area contributed by atoms with Crippen LogP contribution in [0.3, 0.4) is 0 Å². The molecule has 3 N–H and O–H groups in total. The summed E-state index contributed by atoms with van der Waals surface area (Å²) in [5.41, 5.74) is 5.27. The smallest absolute Gasteiger partial charge is 0.163 e. The van der Waals surface area contributed by atoms with E-state index in [0.717, 1.165) is 28.4 Å². The molecule has 3 aromatic carbocycles. The SMILES string of the molecule is CC(C)COc1ccc(C2CC(=O)C3=C(C2)Nc2ccccc2NC3c2ccccc2O)cc1. The predicted octanol–water partition coefficient (Wildman–Crippen LogP) is 6.41. The second kappa shape index (κ2) is 9.26. The Bertz CT molecular complexity index is 1230. The maximum atomic E-state index is 13.6. The van der Waals surface area contributed by atoms with Crippen molar-refractivity contribution >= 4 is 17.2 Å². The number of hydrogen-bond acceptors (Lipinski definition) is 5. The molecule has 5 nitrogen and oxygen atoms in total. The molecule has 2 aliphatic rings. The summed E-state index contributed by atoms with van der Waals surface area (Å²) in [5, 5.41) is 17.7. The Labute approximate surface area is 200 Å². The van der Waals surface area contributed by atoms with Crippen molar-refractivity contribution in [1.29, 1.82) is 0 Å². The summed E-state index contributed by atoms with van der Waals surface area (Å²) in [7, 11) is 0. The van der Waals surface area contributed by atoms with Gasteiger partial charge in [-0.05, 0) is 54.2 Å². The second-order valence-corrected chi connectivity index (χ2v) is 9.50. The quantitative estimate of drug-likeness (QED) is 0.416. The molecule has 5 rings (SSSR count). The molecule has 5 heteroatoms. The molecule has 0 amide bonds. The van der Waals surface area contributed by atoms with Gasteiger partial charge in [0.15, 0.2) is 5.78 Å². The molecule has 3 aromatic rings. The average molecular weight is 455 g/mol. The van der Waals surface area contributed by atoms with E-state index < -0.39 is 6.04 Å². The number of phenols is 1. The molecule has 0 aromatic heterocycles. The van der Waals surface area contributed by atoms with Crippen molar-refractivity contribution < 1.29 is 14.6 Å². The van der Waals surface area contributed by atoms with E-state index in [1.165, 1.54) is 0 Å². The van der Waals surface area contributed by atoms with Gasteiger partial charge in [0.25, 0.3) is 0 Å². The van der Waals surface area contributed by atoms with Crippen LogP contribution in [0.2, 0.25) is 0 Å². The predicted molar refractivity (Wildman–Crippen MR) is 135 cm³/mol. The van der Waals surface area contributed by atoms with E-state index in [9.17, 15) is 9.90 Å². The summed E-state index contributed by atoms with van der Waals surface area (Å²) in [6, 6.07) is 22.9. The number of aromatic hydroxyl groups is 1. The molecule has 34 heavy (non-hydrogen) atoms. The van der Waals surface area contributed by atoms with Crippen LogP contribution < -0.4 is 15.4 Å². The number of ether oxygens (including phenoxy) is 1.